The summed E-state index contributed by atoms with van der Waals surface area (Å²) in [4.78, 5) is 27.7. The number of aromatic amines is 2. The van der Waals surface area contributed by atoms with Crippen molar-refractivity contribution in [3.05, 3.63) is 46.8 Å². The third-order valence-corrected chi connectivity index (χ3v) is 7.37. The lowest BCUT2D eigenvalue weighted by molar-refractivity contribution is 0.383. The summed E-state index contributed by atoms with van der Waals surface area (Å²) in [6, 6.07) is 6.62. The monoisotopic (exact) mass is 442 g/mol. The first-order valence-electron chi connectivity index (χ1n) is 10.1. The fraction of sp³-hybridized carbons (Fsp3) is 0.368. The van der Waals surface area contributed by atoms with Crippen LogP contribution >= 0.6 is 0 Å². The lowest BCUT2D eigenvalue weighted by Gasteiger charge is -2.35. The maximum absolute atomic E-state index is 13.2. The number of benzene rings is 1. The Hall–Kier alpha value is -3.25. The smallest absolute Gasteiger partial charge is 0.323 e. The van der Waals surface area contributed by atoms with Crippen LogP contribution in [0.15, 0.2) is 40.3 Å². The van der Waals surface area contributed by atoms with Crippen molar-refractivity contribution < 1.29 is 8.42 Å². The highest BCUT2D eigenvalue weighted by atomic mass is 32.2. The van der Waals surface area contributed by atoms with Crippen LogP contribution in [0.25, 0.3) is 16.8 Å². The molecular formula is C19H22N8O3S. The summed E-state index contributed by atoms with van der Waals surface area (Å²) in [6.45, 7) is 3.82. The molecule has 4 aromatic rings. The van der Waals surface area contributed by atoms with Gasteiger partial charge < -0.3 is 14.9 Å². The molecule has 0 unspecified atom stereocenters. The molecule has 0 saturated carbocycles. The molecule has 162 valence electrons. The van der Waals surface area contributed by atoms with Crippen LogP contribution in [0.4, 0.5) is 5.82 Å². The summed E-state index contributed by atoms with van der Waals surface area (Å²) in [7, 11) is -3.67. The molecule has 11 nitrogen and oxygen atoms in total. The molecule has 0 atom stereocenters. The van der Waals surface area contributed by atoms with Crippen molar-refractivity contribution in [1.82, 2.24) is 33.9 Å². The van der Waals surface area contributed by atoms with E-state index in [2.05, 4.69) is 36.9 Å². The normalized spacial score (nSPS) is 15.8. The van der Waals surface area contributed by atoms with Gasteiger partial charge in [-0.05, 0) is 24.6 Å². The first kappa shape index (κ1) is 19.7. The van der Waals surface area contributed by atoms with Gasteiger partial charge in [0.15, 0.2) is 0 Å². The quantitative estimate of drug-likeness (QED) is 0.466. The van der Waals surface area contributed by atoms with Gasteiger partial charge in [0.1, 0.15) is 12.1 Å². The highest BCUT2D eigenvalue weighted by molar-refractivity contribution is 7.89. The van der Waals surface area contributed by atoms with E-state index < -0.39 is 10.0 Å². The fourth-order valence-corrected chi connectivity index (χ4v) is 5.38. The maximum atomic E-state index is 13.2. The fourth-order valence-electron chi connectivity index (χ4n) is 3.93. The standard InChI is InChI=1S/C19H22N8O3S/c1-2-3-13-10-17(27-18(22-13)20-12-21-27)25-6-8-26(9-7-25)31(29,30)14-4-5-15-16(11-14)24-19(28)23-15/h4-5,10-12H,2-3,6-9H2,1H3,(H2,23,24,28). The first-order valence-corrected chi connectivity index (χ1v) is 11.6. The Morgan fingerprint density at radius 2 is 1.84 bits per heavy atom. The Morgan fingerprint density at radius 3 is 2.61 bits per heavy atom. The molecule has 0 spiro atoms. The summed E-state index contributed by atoms with van der Waals surface area (Å²) in [5, 5.41) is 4.28. The van der Waals surface area contributed by atoms with Crippen LogP contribution in [0, 0.1) is 0 Å². The number of hydrogen-bond acceptors (Lipinski definition) is 7. The van der Waals surface area contributed by atoms with Crippen LogP contribution in [0.3, 0.4) is 0 Å². The third-order valence-electron chi connectivity index (χ3n) is 5.48. The molecule has 1 aromatic carbocycles. The van der Waals surface area contributed by atoms with Gasteiger partial charge in [-0.2, -0.15) is 18.9 Å². The maximum Gasteiger partial charge on any atom is 0.323 e. The van der Waals surface area contributed by atoms with Crippen LogP contribution in [0.5, 0.6) is 0 Å². The van der Waals surface area contributed by atoms with E-state index in [9.17, 15) is 13.2 Å². The van der Waals surface area contributed by atoms with Gasteiger partial charge in [-0.3, -0.25) is 0 Å². The SMILES string of the molecule is CCCc1cc(N2CCN(S(=O)(=O)c3ccc4[nH]c(=O)[nH]c4c3)CC2)n2ncnc2n1. The Morgan fingerprint density at radius 1 is 1.06 bits per heavy atom. The van der Waals surface area contributed by atoms with Crippen molar-refractivity contribution in [1.29, 1.82) is 0 Å². The zero-order chi connectivity index (χ0) is 21.6. The van der Waals surface area contributed by atoms with Crippen molar-refractivity contribution in [3.63, 3.8) is 0 Å². The van der Waals surface area contributed by atoms with Crippen LogP contribution in [-0.4, -0.2) is 68.5 Å². The highest BCUT2D eigenvalue weighted by Gasteiger charge is 2.30. The number of rotatable bonds is 5. The molecule has 31 heavy (non-hydrogen) atoms. The van der Waals surface area contributed by atoms with Crippen molar-refractivity contribution in [3.8, 4) is 0 Å². The van der Waals surface area contributed by atoms with Gasteiger partial charge in [-0.25, -0.2) is 18.2 Å². The van der Waals surface area contributed by atoms with E-state index in [4.69, 9.17) is 0 Å². The topological polar surface area (TPSA) is 132 Å². The van der Waals surface area contributed by atoms with Crippen LogP contribution < -0.4 is 10.6 Å². The number of aryl methyl sites for hydroxylation is 1. The van der Waals surface area contributed by atoms with Crippen molar-refractivity contribution in [2.75, 3.05) is 31.1 Å². The van der Waals surface area contributed by atoms with Crippen molar-refractivity contribution in [2.24, 2.45) is 0 Å². The van der Waals surface area contributed by atoms with E-state index >= 15 is 0 Å². The molecule has 0 radical (unpaired) electrons. The van der Waals surface area contributed by atoms with E-state index in [1.165, 1.54) is 22.8 Å². The van der Waals surface area contributed by atoms with Crippen LogP contribution in [0.2, 0.25) is 0 Å². The summed E-state index contributed by atoms with van der Waals surface area (Å²) in [5.74, 6) is 1.42. The van der Waals surface area contributed by atoms with Gasteiger partial charge in [-0.1, -0.05) is 13.3 Å². The molecule has 2 N–H and O–H groups in total. The van der Waals surface area contributed by atoms with Gasteiger partial charge in [0.05, 0.1) is 15.9 Å². The molecule has 1 saturated heterocycles. The number of fused-ring (bicyclic) bond motifs is 2. The van der Waals surface area contributed by atoms with Crippen LogP contribution in [0.1, 0.15) is 19.0 Å². The molecule has 5 rings (SSSR count). The van der Waals surface area contributed by atoms with E-state index in [0.717, 1.165) is 24.4 Å². The van der Waals surface area contributed by atoms with Crippen molar-refractivity contribution >= 4 is 32.7 Å². The predicted octanol–water partition coefficient (Wildman–Crippen LogP) is 0.757. The number of anilines is 1. The molecule has 0 aliphatic carbocycles. The zero-order valence-corrected chi connectivity index (χ0v) is 17.8. The number of nitrogens with one attached hydrogen (secondary N) is 2. The number of imidazole rings is 1. The average molecular weight is 443 g/mol. The minimum atomic E-state index is -3.67. The lowest BCUT2D eigenvalue weighted by Crippen LogP contribution is -2.49. The number of aromatic nitrogens is 6. The molecular weight excluding hydrogens is 420 g/mol. The predicted molar refractivity (Wildman–Crippen MR) is 115 cm³/mol. The van der Waals surface area contributed by atoms with E-state index in [1.807, 2.05) is 6.07 Å². The summed E-state index contributed by atoms with van der Waals surface area (Å²) in [6.07, 6.45) is 3.29. The third kappa shape index (κ3) is 3.47. The first-order chi connectivity index (χ1) is 15.0. The average Bonchev–Trinajstić information content (AvgIpc) is 3.38. The number of H-pyrrole nitrogens is 2. The van der Waals surface area contributed by atoms with Gasteiger partial charge in [0.25, 0.3) is 5.78 Å². The molecule has 1 aliphatic rings. The molecule has 0 bridgehead atoms. The van der Waals surface area contributed by atoms with E-state index in [0.29, 0.717) is 43.0 Å². The second-order valence-corrected chi connectivity index (χ2v) is 9.44. The summed E-state index contributed by atoms with van der Waals surface area (Å²) < 4.78 is 29.5. The Kier molecular flexibility index (Phi) is 4.74. The zero-order valence-electron chi connectivity index (χ0n) is 16.9. The van der Waals surface area contributed by atoms with Crippen LogP contribution in [-0.2, 0) is 16.4 Å². The Balaban J connectivity index is 1.39. The lowest BCUT2D eigenvalue weighted by atomic mass is 10.2. The second-order valence-electron chi connectivity index (χ2n) is 7.51. The largest absolute Gasteiger partial charge is 0.354 e. The van der Waals surface area contributed by atoms with Gasteiger partial charge in [-0.15, -0.1) is 0 Å². The van der Waals surface area contributed by atoms with Gasteiger partial charge in [0.2, 0.25) is 10.0 Å². The van der Waals surface area contributed by atoms with Gasteiger partial charge in [0, 0.05) is 37.9 Å². The minimum Gasteiger partial charge on any atom is -0.354 e. The van der Waals surface area contributed by atoms with E-state index in [1.54, 1.807) is 10.6 Å². The molecule has 4 heterocycles. The molecule has 1 fully saturated rings. The highest BCUT2D eigenvalue weighted by Crippen LogP contribution is 2.23. The molecule has 1 aliphatic heterocycles. The number of nitrogens with zero attached hydrogens (tertiary/aromatic N) is 6. The van der Waals surface area contributed by atoms with E-state index in [-0.39, 0.29) is 10.6 Å². The second kappa shape index (κ2) is 7.46. The summed E-state index contributed by atoms with van der Waals surface area (Å²) in [5.41, 5.74) is 1.63. The molecule has 3 aromatic heterocycles. The summed E-state index contributed by atoms with van der Waals surface area (Å²) >= 11 is 0. The number of piperazine rings is 1. The molecule has 12 heteroatoms. The Labute approximate surface area is 177 Å². The Bertz CT molecular complexity index is 1410. The number of hydrogen-bond donors (Lipinski definition) is 2. The van der Waals surface area contributed by atoms with Crippen molar-refractivity contribution in [2.45, 2.75) is 24.7 Å². The molecule has 0 amide bonds. The number of sulfonamides is 1. The van der Waals surface area contributed by atoms with Gasteiger partial charge >= 0.3 is 5.69 Å². The minimum absolute atomic E-state index is 0.163.